The maximum atomic E-state index is 17.1. The van der Waals surface area contributed by atoms with Crippen molar-refractivity contribution < 1.29 is 52.9 Å². The Bertz CT molecular complexity index is 3870. The Morgan fingerprint density at radius 1 is 0.805 bits per heavy atom. The summed E-state index contributed by atoms with van der Waals surface area (Å²) < 4.78 is 32.2. The van der Waals surface area contributed by atoms with Gasteiger partial charge in [-0.2, -0.15) is 0 Å². The van der Waals surface area contributed by atoms with Crippen LogP contribution in [0.5, 0.6) is 17.2 Å². The number of aromatic nitrogens is 3. The van der Waals surface area contributed by atoms with Crippen LogP contribution in [0.4, 0.5) is 16.2 Å². The highest BCUT2D eigenvalue weighted by atomic mass is 16.6. The summed E-state index contributed by atoms with van der Waals surface area (Å²) in [6.45, 7) is -0.602. The van der Waals surface area contributed by atoms with E-state index in [9.17, 15) is 15.2 Å². The van der Waals surface area contributed by atoms with Gasteiger partial charge in [-0.05, 0) is 100 Å². The van der Waals surface area contributed by atoms with Crippen LogP contribution < -0.4 is 19.1 Å². The van der Waals surface area contributed by atoms with Crippen molar-refractivity contribution in [1.82, 2.24) is 24.8 Å². The summed E-state index contributed by atoms with van der Waals surface area (Å²) in [5.41, 5.74) is 3.46. The van der Waals surface area contributed by atoms with Crippen molar-refractivity contribution in [2.75, 3.05) is 38.9 Å². The number of hydrogen-bond acceptors (Lipinski definition) is 15. The molecule has 0 saturated carbocycles. The highest BCUT2D eigenvalue weighted by Gasteiger charge is 2.76. The van der Waals surface area contributed by atoms with Crippen LogP contribution in [0.1, 0.15) is 62.7 Å². The van der Waals surface area contributed by atoms with E-state index in [1.165, 1.54) is 31.4 Å². The van der Waals surface area contributed by atoms with Gasteiger partial charge in [0.25, 0.3) is 5.69 Å². The van der Waals surface area contributed by atoms with E-state index in [4.69, 9.17) is 23.7 Å². The van der Waals surface area contributed by atoms with Crippen molar-refractivity contribution in [3.05, 3.63) is 218 Å². The normalized spacial score (nSPS) is 20.7. The van der Waals surface area contributed by atoms with E-state index in [1.54, 1.807) is 59.2 Å². The molecule has 8 aromatic rings. The maximum absolute atomic E-state index is 17.1. The van der Waals surface area contributed by atoms with Crippen molar-refractivity contribution in [2.45, 2.75) is 55.8 Å². The molecule has 6 atom stereocenters. The Balaban J connectivity index is 1.11. The quantitative estimate of drug-likeness (QED) is 0.0496. The Morgan fingerprint density at radius 2 is 1.50 bits per heavy atom. The molecule has 82 heavy (non-hydrogen) atoms. The lowest BCUT2D eigenvalue weighted by molar-refractivity contribution is -0.384. The van der Waals surface area contributed by atoms with Gasteiger partial charge in [0.2, 0.25) is 11.8 Å². The summed E-state index contributed by atoms with van der Waals surface area (Å²) in [4.78, 5) is 80.5. The number of anilines is 1. The molecule has 1 N–H and O–H groups in total. The fourth-order valence-electron chi connectivity index (χ4n) is 12.4. The predicted molar refractivity (Wildman–Crippen MR) is 297 cm³/mol. The third-order valence-electron chi connectivity index (χ3n) is 15.9. The molecule has 1 aromatic heterocycles. The Kier molecular flexibility index (Phi) is 14.1. The van der Waals surface area contributed by atoms with Crippen LogP contribution in [0, 0.1) is 27.9 Å². The first-order valence-corrected chi connectivity index (χ1v) is 26.6. The molecule has 0 aliphatic carbocycles. The molecule has 19 nitrogen and oxygen atoms in total. The molecule has 19 heteroatoms. The number of aliphatic hydroxyl groups is 1. The molecule has 412 valence electrons. The third-order valence-corrected chi connectivity index (χ3v) is 15.9. The van der Waals surface area contributed by atoms with Gasteiger partial charge in [-0.3, -0.25) is 29.4 Å². The van der Waals surface area contributed by atoms with E-state index in [0.717, 1.165) is 21.5 Å². The minimum absolute atomic E-state index is 0.0447. The first-order valence-electron chi connectivity index (χ1n) is 26.6. The fourth-order valence-corrected chi connectivity index (χ4v) is 12.4. The molecule has 5 heterocycles. The lowest BCUT2D eigenvalue weighted by atomic mass is 9.64. The number of aliphatic hydroxyl groups excluding tert-OH is 1. The van der Waals surface area contributed by atoms with Crippen molar-refractivity contribution >= 4 is 46.3 Å². The summed E-state index contributed by atoms with van der Waals surface area (Å²) in [7, 11) is 3.07. The van der Waals surface area contributed by atoms with Crippen LogP contribution in [0.25, 0.3) is 11.0 Å². The van der Waals surface area contributed by atoms with Gasteiger partial charge in [0.05, 0.1) is 55.0 Å². The van der Waals surface area contributed by atoms with Crippen LogP contribution in [-0.2, 0) is 55.4 Å². The smallest absolute Gasteiger partial charge is 0.421 e. The molecule has 6 unspecified atom stereocenters. The van der Waals surface area contributed by atoms with Crippen molar-refractivity contribution in [2.24, 2.45) is 5.92 Å². The monoisotopic (exact) mass is 1100 g/mol. The lowest BCUT2D eigenvalue weighted by Crippen LogP contribution is -2.57. The standard InChI is InChI=1S/C63H53N7O12/c1-78-52-35-43-29-31-66(37-44(43)36-53(52)79-2)59(72)54-56-60(73)82-57(42-17-7-4-8-18-42)55(41-15-5-3-6-16-41)69(56)58(46-19-9-12-22-51(46)80-33-32-71)63(54)47-34-39(14-13-30-67-50-21-11-10-20-48(50)64-65-67)25-28-49(47)68(61(63)74)62(75)81-38-40-23-26-45(27-24-40)70(76)77/h3-12,15-28,34-36,54-58,71H,29-33,37-38H2,1-2H3. The van der Waals surface area contributed by atoms with E-state index in [0.29, 0.717) is 51.3 Å². The summed E-state index contributed by atoms with van der Waals surface area (Å²) in [6, 6.07) is 43.5. The van der Waals surface area contributed by atoms with Gasteiger partial charge in [-0.1, -0.05) is 108 Å². The highest BCUT2D eigenvalue weighted by molar-refractivity contribution is 6.23. The number of cyclic esters (lactones) is 1. The highest BCUT2D eigenvalue weighted by Crippen LogP contribution is 2.67. The van der Waals surface area contributed by atoms with Gasteiger partial charge in [-0.25, -0.2) is 14.4 Å². The number of hydrogen-bond donors (Lipinski definition) is 1. The van der Waals surface area contributed by atoms with Gasteiger partial charge < -0.3 is 33.7 Å². The molecule has 4 aliphatic heterocycles. The molecule has 3 amide bonds. The number of carbonyl (C=O) groups excluding carboxylic acids is 4. The van der Waals surface area contributed by atoms with Crippen LogP contribution in [0.2, 0.25) is 0 Å². The zero-order valence-electron chi connectivity index (χ0n) is 44.5. The Morgan fingerprint density at radius 3 is 2.23 bits per heavy atom. The molecular formula is C63H53N7O12. The third kappa shape index (κ3) is 9.07. The molecule has 12 rings (SSSR count). The molecule has 2 fully saturated rings. The average molecular weight is 1100 g/mol. The van der Waals surface area contributed by atoms with Crippen LogP contribution >= 0.6 is 0 Å². The summed E-state index contributed by atoms with van der Waals surface area (Å²) in [6.07, 6.45) is -1.76. The second kappa shape index (κ2) is 22.0. The summed E-state index contributed by atoms with van der Waals surface area (Å²) in [5, 5.41) is 30.5. The van der Waals surface area contributed by atoms with Gasteiger partial charge in [0.15, 0.2) is 11.5 Å². The molecule has 0 bridgehead atoms. The maximum Gasteiger partial charge on any atom is 0.421 e. The van der Waals surface area contributed by atoms with E-state index in [-0.39, 0.29) is 55.5 Å². The zero-order chi connectivity index (χ0) is 56.6. The molecule has 1 spiro atoms. The van der Waals surface area contributed by atoms with Gasteiger partial charge in [0.1, 0.15) is 48.6 Å². The first-order chi connectivity index (χ1) is 40.0. The van der Waals surface area contributed by atoms with Crippen LogP contribution in [0.15, 0.2) is 164 Å². The molecule has 4 aliphatic rings. The SMILES string of the molecule is COc1cc2c(cc1OC)CN(C(=O)C1C3C(=O)OC(c4ccccc4)C(c4ccccc4)N3C(c3ccccc3OCCO)C13C(=O)N(C(=O)OCc1ccc([N+](=O)[O-])cc1)c1ccc(C#CCn4nnc5ccccc54)cc13)CC2. The molecule has 0 radical (unpaired) electrons. The minimum atomic E-state index is -2.22. The number of non-ortho nitro benzene ring substituents is 1. The number of para-hydroxylation sites is 2. The van der Waals surface area contributed by atoms with Gasteiger partial charge in [-0.15, -0.1) is 5.10 Å². The van der Waals surface area contributed by atoms with E-state index >= 15 is 19.2 Å². The Labute approximate surface area is 470 Å². The van der Waals surface area contributed by atoms with Gasteiger partial charge in [0, 0.05) is 36.3 Å². The lowest BCUT2D eigenvalue weighted by Gasteiger charge is -2.46. The Hall–Kier alpha value is -9.90. The minimum Gasteiger partial charge on any atom is -0.493 e. The van der Waals surface area contributed by atoms with Crippen LogP contribution in [0.3, 0.4) is 0 Å². The van der Waals surface area contributed by atoms with Crippen molar-refractivity contribution in [1.29, 1.82) is 0 Å². The number of ether oxygens (including phenoxy) is 5. The number of morpholine rings is 1. The zero-order valence-corrected chi connectivity index (χ0v) is 44.5. The summed E-state index contributed by atoms with van der Waals surface area (Å²) in [5.74, 6) is 3.78. The fraction of sp³-hybridized carbons (Fsp3) is 0.238. The number of esters is 1. The number of nitro benzene ring substituents is 1. The van der Waals surface area contributed by atoms with Crippen molar-refractivity contribution in [3.63, 3.8) is 0 Å². The van der Waals surface area contributed by atoms with Gasteiger partial charge >= 0.3 is 12.1 Å². The van der Waals surface area contributed by atoms with E-state index < -0.39 is 71.0 Å². The van der Waals surface area contributed by atoms with E-state index in [2.05, 4.69) is 22.2 Å². The second-order valence-corrected chi connectivity index (χ2v) is 20.2. The number of benzene rings is 7. The molecular weight excluding hydrogens is 1050 g/mol. The number of amides is 3. The average Bonchev–Trinajstić information content (AvgIpc) is 1.69. The van der Waals surface area contributed by atoms with Crippen molar-refractivity contribution in [3.8, 4) is 29.1 Å². The molecule has 2 saturated heterocycles. The number of nitrogens with zero attached hydrogens (tertiary/aromatic N) is 7. The first kappa shape index (κ1) is 52.8. The molecule has 7 aromatic carbocycles. The number of rotatable bonds is 13. The number of imide groups is 1. The largest absolute Gasteiger partial charge is 0.493 e. The number of carbonyl (C=O) groups is 4. The number of nitro groups is 1. The predicted octanol–water partition coefficient (Wildman–Crippen LogP) is 8.37. The number of methoxy groups -OCH3 is 2. The second-order valence-electron chi connectivity index (χ2n) is 20.2. The number of fused-ring (bicyclic) bond motifs is 5. The van der Waals surface area contributed by atoms with Crippen LogP contribution in [-0.4, -0.2) is 98.7 Å². The van der Waals surface area contributed by atoms with E-state index in [1.807, 2.05) is 102 Å². The topological polar surface area (TPSA) is 218 Å². The summed E-state index contributed by atoms with van der Waals surface area (Å²) >= 11 is 0.